The second-order valence-corrected chi connectivity index (χ2v) is 5.03. The van der Waals surface area contributed by atoms with Crippen molar-refractivity contribution in [1.29, 1.82) is 0 Å². The zero-order chi connectivity index (χ0) is 13.1. The van der Waals surface area contributed by atoms with Gasteiger partial charge in [-0.2, -0.15) is 5.10 Å². The lowest BCUT2D eigenvalue weighted by atomic mass is 10.3. The van der Waals surface area contributed by atoms with Crippen molar-refractivity contribution >= 4 is 17.0 Å². The topological polar surface area (TPSA) is 63.9 Å². The van der Waals surface area contributed by atoms with Gasteiger partial charge in [0, 0.05) is 0 Å². The molecule has 0 radical (unpaired) electrons. The molecule has 0 amide bonds. The Morgan fingerprint density at radius 1 is 1.21 bits per heavy atom. The van der Waals surface area contributed by atoms with E-state index in [0.717, 1.165) is 16.3 Å². The van der Waals surface area contributed by atoms with Crippen LogP contribution in [0.1, 0.15) is 5.69 Å². The van der Waals surface area contributed by atoms with Gasteiger partial charge in [-0.25, -0.2) is 0 Å². The van der Waals surface area contributed by atoms with Crippen LogP contribution in [0.15, 0.2) is 47.8 Å². The third-order valence-electron chi connectivity index (χ3n) is 2.71. The van der Waals surface area contributed by atoms with Gasteiger partial charge in [-0.1, -0.05) is 18.2 Å². The lowest BCUT2D eigenvalue weighted by molar-refractivity contribution is 0.303. The van der Waals surface area contributed by atoms with Crippen molar-refractivity contribution in [3.63, 3.8) is 0 Å². The third-order valence-corrected chi connectivity index (χ3v) is 3.60. The molecule has 2 aromatic heterocycles. The van der Waals surface area contributed by atoms with Gasteiger partial charge in [-0.15, -0.1) is 11.3 Å². The molecule has 3 rings (SSSR count). The summed E-state index contributed by atoms with van der Waals surface area (Å²) in [5.41, 5.74) is 8.32. The van der Waals surface area contributed by atoms with Crippen molar-refractivity contribution in [2.24, 2.45) is 0 Å². The molecule has 0 fully saturated rings. The molecule has 0 aliphatic heterocycles. The summed E-state index contributed by atoms with van der Waals surface area (Å²) in [6.07, 6.45) is 0. The van der Waals surface area contributed by atoms with Crippen LogP contribution in [-0.2, 0) is 6.61 Å². The molecule has 19 heavy (non-hydrogen) atoms. The average Bonchev–Trinajstić information content (AvgIpc) is 3.09. The number of H-pyrrole nitrogens is 1. The Balaban J connectivity index is 1.70. The lowest BCUT2D eigenvalue weighted by Crippen LogP contribution is -1.98. The molecular weight excluding hydrogens is 258 g/mol. The number of hydrogen-bond donors (Lipinski definition) is 2. The first kappa shape index (κ1) is 11.8. The van der Waals surface area contributed by atoms with E-state index in [1.54, 1.807) is 11.3 Å². The summed E-state index contributed by atoms with van der Waals surface area (Å²) in [4.78, 5) is 1.14. The van der Waals surface area contributed by atoms with Gasteiger partial charge in [0.1, 0.15) is 18.1 Å². The van der Waals surface area contributed by atoms with Crippen molar-refractivity contribution in [2.75, 3.05) is 5.73 Å². The molecule has 1 aromatic carbocycles. The SMILES string of the molecule is Nc1ccccc1OCc1cc(-c2cccs2)n[nH]1. The van der Waals surface area contributed by atoms with Crippen molar-refractivity contribution in [3.8, 4) is 16.3 Å². The summed E-state index contributed by atoms with van der Waals surface area (Å²) in [7, 11) is 0. The summed E-state index contributed by atoms with van der Waals surface area (Å²) in [5, 5.41) is 9.27. The lowest BCUT2D eigenvalue weighted by Gasteiger charge is -2.06. The van der Waals surface area contributed by atoms with Crippen molar-refractivity contribution in [2.45, 2.75) is 6.61 Å². The average molecular weight is 271 g/mol. The summed E-state index contributed by atoms with van der Waals surface area (Å²) in [5.74, 6) is 0.690. The van der Waals surface area contributed by atoms with E-state index in [1.165, 1.54) is 0 Å². The molecule has 0 atom stereocenters. The van der Waals surface area contributed by atoms with Crippen LogP contribution in [0, 0.1) is 0 Å². The minimum atomic E-state index is 0.423. The number of nitrogen functional groups attached to an aromatic ring is 1. The quantitative estimate of drug-likeness (QED) is 0.716. The Bertz CT molecular complexity index is 661. The number of benzene rings is 1. The number of nitrogens with zero attached hydrogens (tertiary/aromatic N) is 1. The smallest absolute Gasteiger partial charge is 0.142 e. The Labute approximate surface area is 114 Å². The maximum Gasteiger partial charge on any atom is 0.142 e. The van der Waals surface area contributed by atoms with Crippen LogP contribution in [-0.4, -0.2) is 10.2 Å². The van der Waals surface area contributed by atoms with E-state index in [9.17, 15) is 0 Å². The van der Waals surface area contributed by atoms with Crippen LogP contribution in [0.25, 0.3) is 10.6 Å². The van der Waals surface area contributed by atoms with Crippen molar-refractivity contribution in [1.82, 2.24) is 10.2 Å². The van der Waals surface area contributed by atoms with E-state index >= 15 is 0 Å². The van der Waals surface area contributed by atoms with Crippen molar-refractivity contribution in [3.05, 3.63) is 53.5 Å². The first-order valence-corrected chi connectivity index (χ1v) is 6.76. The largest absolute Gasteiger partial charge is 0.485 e. The minimum Gasteiger partial charge on any atom is -0.485 e. The van der Waals surface area contributed by atoms with E-state index in [-0.39, 0.29) is 0 Å². The highest BCUT2D eigenvalue weighted by molar-refractivity contribution is 7.13. The molecular formula is C14H13N3OS. The van der Waals surface area contributed by atoms with Gasteiger partial charge < -0.3 is 10.5 Å². The van der Waals surface area contributed by atoms with E-state index < -0.39 is 0 Å². The van der Waals surface area contributed by atoms with E-state index in [2.05, 4.69) is 10.2 Å². The van der Waals surface area contributed by atoms with E-state index in [4.69, 9.17) is 10.5 Å². The standard InChI is InChI=1S/C14H13N3OS/c15-11-4-1-2-5-13(11)18-9-10-8-12(17-16-10)14-6-3-7-19-14/h1-8H,9,15H2,(H,16,17). The normalized spacial score (nSPS) is 10.5. The summed E-state index contributed by atoms with van der Waals surface area (Å²) < 4.78 is 5.66. The van der Waals surface area contributed by atoms with Gasteiger partial charge in [0.2, 0.25) is 0 Å². The molecule has 4 nitrogen and oxygen atoms in total. The zero-order valence-electron chi connectivity index (χ0n) is 10.2. The van der Waals surface area contributed by atoms with E-state index in [0.29, 0.717) is 18.0 Å². The second kappa shape index (κ2) is 5.16. The van der Waals surface area contributed by atoms with Gasteiger partial charge in [0.05, 0.1) is 16.3 Å². The third kappa shape index (κ3) is 2.61. The fourth-order valence-corrected chi connectivity index (χ4v) is 2.44. The summed E-state index contributed by atoms with van der Waals surface area (Å²) in [6.45, 7) is 0.423. The molecule has 0 saturated heterocycles. The van der Waals surface area contributed by atoms with Crippen LogP contribution in [0.4, 0.5) is 5.69 Å². The zero-order valence-corrected chi connectivity index (χ0v) is 11.0. The Morgan fingerprint density at radius 2 is 2.11 bits per heavy atom. The maximum absolute atomic E-state index is 5.82. The molecule has 0 aliphatic rings. The molecule has 0 spiro atoms. The van der Waals surface area contributed by atoms with Crippen molar-refractivity contribution < 1.29 is 4.74 Å². The molecule has 0 bridgehead atoms. The molecule has 0 aliphatic carbocycles. The number of rotatable bonds is 4. The first-order chi connectivity index (χ1) is 9.33. The fraction of sp³-hybridized carbons (Fsp3) is 0.0714. The van der Waals surface area contributed by atoms with Gasteiger partial charge in [0.15, 0.2) is 0 Å². The molecule has 2 heterocycles. The number of ether oxygens (including phenoxy) is 1. The van der Waals surface area contributed by atoms with Crippen LogP contribution in [0.2, 0.25) is 0 Å². The number of aromatic nitrogens is 2. The maximum atomic E-state index is 5.82. The highest BCUT2D eigenvalue weighted by atomic mass is 32.1. The van der Waals surface area contributed by atoms with Crippen LogP contribution < -0.4 is 10.5 Å². The van der Waals surface area contributed by atoms with Crippen LogP contribution in [0.3, 0.4) is 0 Å². The van der Waals surface area contributed by atoms with Crippen LogP contribution in [0.5, 0.6) is 5.75 Å². The highest BCUT2D eigenvalue weighted by Crippen LogP contribution is 2.24. The number of aromatic amines is 1. The molecule has 0 unspecified atom stereocenters. The number of nitrogens with one attached hydrogen (secondary N) is 1. The Hall–Kier alpha value is -2.27. The van der Waals surface area contributed by atoms with Crippen LogP contribution >= 0.6 is 11.3 Å². The predicted molar refractivity (Wildman–Crippen MR) is 77.1 cm³/mol. The Morgan fingerprint density at radius 3 is 2.89 bits per heavy atom. The molecule has 3 N–H and O–H groups in total. The molecule has 0 saturated carbocycles. The second-order valence-electron chi connectivity index (χ2n) is 4.08. The summed E-state index contributed by atoms with van der Waals surface area (Å²) in [6, 6.07) is 13.5. The number of para-hydroxylation sites is 2. The number of thiophene rings is 1. The summed E-state index contributed by atoms with van der Waals surface area (Å²) >= 11 is 1.66. The molecule has 3 aromatic rings. The highest BCUT2D eigenvalue weighted by Gasteiger charge is 2.06. The predicted octanol–water partition coefficient (Wildman–Crippen LogP) is 3.30. The van der Waals surface area contributed by atoms with Gasteiger partial charge in [-0.3, -0.25) is 5.10 Å². The number of hydrogen-bond acceptors (Lipinski definition) is 4. The minimum absolute atomic E-state index is 0.423. The Kier molecular flexibility index (Phi) is 3.20. The first-order valence-electron chi connectivity index (χ1n) is 5.88. The monoisotopic (exact) mass is 271 g/mol. The number of anilines is 1. The van der Waals surface area contributed by atoms with Gasteiger partial charge in [-0.05, 0) is 29.6 Å². The van der Waals surface area contributed by atoms with E-state index in [1.807, 2.05) is 47.8 Å². The van der Waals surface area contributed by atoms with Gasteiger partial charge >= 0.3 is 0 Å². The molecule has 96 valence electrons. The fourth-order valence-electron chi connectivity index (χ4n) is 1.75. The van der Waals surface area contributed by atoms with Gasteiger partial charge in [0.25, 0.3) is 0 Å². The molecule has 5 heteroatoms. The number of nitrogens with two attached hydrogens (primary N) is 1.